The molecule has 1 aliphatic rings. The Balaban J connectivity index is 2.16. The van der Waals surface area contributed by atoms with Gasteiger partial charge in [-0.1, -0.05) is 122 Å². The zero-order valence-corrected chi connectivity index (χ0v) is 29.8. The number of carbonyl (C=O) groups excluding carboxylic acids is 1. The lowest BCUT2D eigenvalue weighted by atomic mass is 9.99. The summed E-state index contributed by atoms with van der Waals surface area (Å²) in [5.41, 5.74) is 0. The Morgan fingerprint density at radius 2 is 1.23 bits per heavy atom. The molecule has 0 aliphatic carbocycles. The Labute approximate surface area is 286 Å². The van der Waals surface area contributed by atoms with E-state index in [-0.39, 0.29) is 19.2 Å². The van der Waals surface area contributed by atoms with Gasteiger partial charge in [0, 0.05) is 13.0 Å². The summed E-state index contributed by atoms with van der Waals surface area (Å²) >= 11 is 0. The maximum atomic E-state index is 12.4. The maximum absolute atomic E-state index is 12.4. The van der Waals surface area contributed by atoms with Crippen LogP contribution in [0.1, 0.15) is 149 Å². The van der Waals surface area contributed by atoms with E-state index >= 15 is 0 Å². The van der Waals surface area contributed by atoms with E-state index in [2.05, 4.69) is 38.2 Å². The van der Waals surface area contributed by atoms with Gasteiger partial charge >= 0.3 is 5.97 Å². The number of ether oxygens (including phenoxy) is 4. The fourth-order valence-corrected chi connectivity index (χ4v) is 5.58. The lowest BCUT2D eigenvalue weighted by molar-refractivity contribution is -0.305. The second-order valence-electron chi connectivity index (χ2n) is 13.0. The molecular formula is C38H70O9. The summed E-state index contributed by atoms with van der Waals surface area (Å²) in [6, 6.07) is 0. The number of allylic oxidation sites excluding steroid dienone is 4. The van der Waals surface area contributed by atoms with Crippen molar-refractivity contribution >= 4 is 5.97 Å². The van der Waals surface area contributed by atoms with Crippen molar-refractivity contribution in [3.05, 3.63) is 24.3 Å². The Morgan fingerprint density at radius 1 is 0.681 bits per heavy atom. The SMILES string of the molecule is CCCCC/C=C\C/C=C\CCCCCCCCCCCCOCC(COC1OC(CO)C(O)C(O)C1O)OC(=O)CCCCCC. The third-order valence-corrected chi connectivity index (χ3v) is 8.62. The second kappa shape index (κ2) is 30.7. The van der Waals surface area contributed by atoms with E-state index in [1.165, 1.54) is 83.5 Å². The van der Waals surface area contributed by atoms with Crippen molar-refractivity contribution in [2.24, 2.45) is 0 Å². The average Bonchev–Trinajstić information content (AvgIpc) is 3.07. The molecular weight excluding hydrogens is 600 g/mol. The van der Waals surface area contributed by atoms with Crippen LogP contribution in [-0.4, -0.2) is 89.6 Å². The molecule has 0 saturated carbocycles. The molecule has 1 rings (SSSR count). The van der Waals surface area contributed by atoms with Gasteiger partial charge in [0.05, 0.1) is 19.8 Å². The first-order valence-corrected chi connectivity index (χ1v) is 18.9. The second-order valence-corrected chi connectivity index (χ2v) is 13.0. The number of hydrogen-bond acceptors (Lipinski definition) is 9. The summed E-state index contributed by atoms with van der Waals surface area (Å²) in [5, 5.41) is 39.7. The lowest BCUT2D eigenvalue weighted by Crippen LogP contribution is -2.59. The predicted molar refractivity (Wildman–Crippen MR) is 187 cm³/mol. The Kier molecular flexibility index (Phi) is 28.5. The zero-order chi connectivity index (χ0) is 34.4. The zero-order valence-electron chi connectivity index (χ0n) is 29.8. The summed E-state index contributed by atoms with van der Waals surface area (Å²) in [7, 11) is 0. The molecule has 47 heavy (non-hydrogen) atoms. The quantitative estimate of drug-likeness (QED) is 0.0347. The third kappa shape index (κ3) is 22.8. The first-order chi connectivity index (χ1) is 22.9. The van der Waals surface area contributed by atoms with Crippen LogP contribution in [0.5, 0.6) is 0 Å². The van der Waals surface area contributed by atoms with Gasteiger partial charge in [0.15, 0.2) is 6.29 Å². The maximum Gasteiger partial charge on any atom is 0.306 e. The van der Waals surface area contributed by atoms with E-state index in [1.54, 1.807) is 0 Å². The highest BCUT2D eigenvalue weighted by atomic mass is 16.7. The van der Waals surface area contributed by atoms with Gasteiger partial charge in [0.1, 0.15) is 30.5 Å². The van der Waals surface area contributed by atoms with Crippen LogP contribution in [0.2, 0.25) is 0 Å². The number of carbonyl (C=O) groups is 1. The molecule has 1 saturated heterocycles. The van der Waals surface area contributed by atoms with Gasteiger partial charge in [0.2, 0.25) is 0 Å². The van der Waals surface area contributed by atoms with E-state index in [1.807, 2.05) is 0 Å². The van der Waals surface area contributed by atoms with Crippen molar-refractivity contribution in [1.29, 1.82) is 0 Å². The van der Waals surface area contributed by atoms with Gasteiger partial charge < -0.3 is 39.4 Å². The van der Waals surface area contributed by atoms with Crippen LogP contribution in [0.25, 0.3) is 0 Å². The molecule has 6 unspecified atom stereocenters. The fourth-order valence-electron chi connectivity index (χ4n) is 5.58. The Morgan fingerprint density at radius 3 is 1.85 bits per heavy atom. The molecule has 0 bridgehead atoms. The highest BCUT2D eigenvalue weighted by Gasteiger charge is 2.44. The van der Waals surface area contributed by atoms with E-state index in [9.17, 15) is 25.2 Å². The molecule has 4 N–H and O–H groups in total. The number of hydrogen-bond donors (Lipinski definition) is 4. The Bertz CT molecular complexity index is 772. The van der Waals surface area contributed by atoms with Crippen LogP contribution in [0, 0.1) is 0 Å². The molecule has 1 aliphatic heterocycles. The van der Waals surface area contributed by atoms with E-state index < -0.39 is 43.4 Å². The molecule has 1 heterocycles. The van der Waals surface area contributed by atoms with Crippen LogP contribution in [0.3, 0.4) is 0 Å². The summed E-state index contributed by atoms with van der Waals surface area (Å²) in [4.78, 5) is 12.4. The first-order valence-electron chi connectivity index (χ1n) is 18.9. The van der Waals surface area contributed by atoms with Crippen molar-refractivity contribution in [3.63, 3.8) is 0 Å². The van der Waals surface area contributed by atoms with Crippen LogP contribution < -0.4 is 0 Å². The summed E-state index contributed by atoms with van der Waals surface area (Å²) < 4.78 is 22.5. The van der Waals surface area contributed by atoms with Gasteiger partial charge in [-0.05, 0) is 44.9 Å². The smallest absolute Gasteiger partial charge is 0.306 e. The Hall–Kier alpha value is -1.33. The van der Waals surface area contributed by atoms with Crippen LogP contribution in [0.4, 0.5) is 0 Å². The monoisotopic (exact) mass is 671 g/mol. The normalized spacial score (nSPS) is 22.4. The van der Waals surface area contributed by atoms with Crippen LogP contribution in [-0.2, 0) is 23.7 Å². The number of esters is 1. The molecule has 9 heteroatoms. The summed E-state index contributed by atoms with van der Waals surface area (Å²) in [6.07, 6.45) is 25.5. The molecule has 0 aromatic heterocycles. The van der Waals surface area contributed by atoms with Gasteiger partial charge in [0.25, 0.3) is 0 Å². The molecule has 276 valence electrons. The minimum absolute atomic E-state index is 0.114. The van der Waals surface area contributed by atoms with Crippen LogP contribution >= 0.6 is 0 Å². The third-order valence-electron chi connectivity index (χ3n) is 8.62. The van der Waals surface area contributed by atoms with Crippen molar-refractivity contribution in [1.82, 2.24) is 0 Å². The number of aliphatic hydroxyl groups excluding tert-OH is 4. The van der Waals surface area contributed by atoms with Gasteiger partial charge in [-0.3, -0.25) is 4.79 Å². The van der Waals surface area contributed by atoms with Crippen molar-refractivity contribution in [2.45, 2.75) is 185 Å². The minimum atomic E-state index is -1.53. The lowest BCUT2D eigenvalue weighted by Gasteiger charge is -2.39. The summed E-state index contributed by atoms with van der Waals surface area (Å²) in [5.74, 6) is -0.333. The van der Waals surface area contributed by atoms with Crippen molar-refractivity contribution < 1.29 is 44.2 Å². The molecule has 9 nitrogen and oxygen atoms in total. The number of aliphatic hydroxyl groups is 4. The highest BCUT2D eigenvalue weighted by molar-refractivity contribution is 5.69. The minimum Gasteiger partial charge on any atom is -0.457 e. The molecule has 6 atom stereocenters. The van der Waals surface area contributed by atoms with Gasteiger partial charge in [-0.25, -0.2) is 0 Å². The predicted octanol–water partition coefficient (Wildman–Crippen LogP) is 7.08. The molecule has 0 aromatic carbocycles. The van der Waals surface area contributed by atoms with Crippen molar-refractivity contribution in [3.8, 4) is 0 Å². The van der Waals surface area contributed by atoms with Gasteiger partial charge in [-0.15, -0.1) is 0 Å². The standard InChI is InChI=1S/C38H70O9/c1-3-5-7-9-10-11-12-13-14-15-16-17-18-19-20-21-22-23-24-26-28-44-30-32(46-34(40)27-25-8-6-4-2)31-45-38-37(43)36(42)35(41)33(29-39)47-38/h10-11,13-14,32-33,35-39,41-43H,3-9,12,15-31H2,1-2H3/b11-10-,14-13-. The van der Waals surface area contributed by atoms with Crippen LogP contribution in [0.15, 0.2) is 24.3 Å². The topological polar surface area (TPSA) is 135 Å². The molecule has 0 radical (unpaired) electrons. The highest BCUT2D eigenvalue weighted by Crippen LogP contribution is 2.22. The molecule has 0 amide bonds. The largest absolute Gasteiger partial charge is 0.457 e. The summed E-state index contributed by atoms with van der Waals surface area (Å²) in [6.45, 7) is 4.39. The molecule has 0 spiro atoms. The van der Waals surface area contributed by atoms with E-state index in [0.29, 0.717) is 13.0 Å². The van der Waals surface area contributed by atoms with Crippen molar-refractivity contribution in [2.75, 3.05) is 26.4 Å². The van der Waals surface area contributed by atoms with Gasteiger partial charge in [-0.2, -0.15) is 0 Å². The average molecular weight is 671 g/mol. The number of rotatable bonds is 31. The van der Waals surface area contributed by atoms with E-state index in [4.69, 9.17) is 18.9 Å². The van der Waals surface area contributed by atoms with E-state index in [0.717, 1.165) is 44.9 Å². The molecule has 1 fully saturated rings. The first kappa shape index (κ1) is 43.7. The fraction of sp³-hybridized carbons (Fsp3) is 0.868. The number of unbranched alkanes of at least 4 members (excludes halogenated alkanes) is 16. The molecule has 0 aromatic rings.